The van der Waals surface area contributed by atoms with Crippen LogP contribution in [0.25, 0.3) is 0 Å². The Hall–Kier alpha value is -0.430. The number of thiol groups is 1. The molecule has 0 heterocycles. The van der Waals surface area contributed by atoms with Gasteiger partial charge in [-0.15, -0.1) is 0 Å². The van der Waals surface area contributed by atoms with Crippen molar-refractivity contribution in [3.05, 3.63) is 35.4 Å². The van der Waals surface area contributed by atoms with Gasteiger partial charge >= 0.3 is 0 Å². The molecule has 1 saturated carbocycles. The van der Waals surface area contributed by atoms with Gasteiger partial charge in [0.05, 0.1) is 0 Å². The fourth-order valence-corrected chi connectivity index (χ4v) is 2.92. The van der Waals surface area contributed by atoms with Crippen LogP contribution >= 0.6 is 12.6 Å². The molecule has 0 aromatic heterocycles. The van der Waals surface area contributed by atoms with Gasteiger partial charge in [-0.3, -0.25) is 0 Å². The monoisotopic (exact) mass is 248 g/mol. The molecule has 94 valence electrons. The molecule has 0 N–H and O–H groups in total. The lowest BCUT2D eigenvalue weighted by molar-refractivity contribution is 0.443. The van der Waals surface area contributed by atoms with E-state index in [1.54, 1.807) is 5.56 Å². The molecule has 1 aromatic carbocycles. The fourth-order valence-electron chi connectivity index (χ4n) is 2.73. The van der Waals surface area contributed by atoms with Gasteiger partial charge in [-0.05, 0) is 41.1 Å². The van der Waals surface area contributed by atoms with Crippen molar-refractivity contribution in [2.24, 2.45) is 0 Å². The lowest BCUT2D eigenvalue weighted by Gasteiger charge is -2.25. The summed E-state index contributed by atoms with van der Waals surface area (Å²) in [5, 5.41) is 0. The summed E-state index contributed by atoms with van der Waals surface area (Å²) >= 11 is 4.44. The minimum atomic E-state index is 0.189. The number of rotatable bonds is 3. The summed E-state index contributed by atoms with van der Waals surface area (Å²) < 4.78 is 0. The molecule has 1 fully saturated rings. The van der Waals surface area contributed by atoms with Crippen LogP contribution in [-0.2, 0) is 5.41 Å². The van der Waals surface area contributed by atoms with E-state index in [-0.39, 0.29) is 5.41 Å². The van der Waals surface area contributed by atoms with E-state index < -0.39 is 0 Å². The fraction of sp³-hybridized carbons (Fsp3) is 0.625. The van der Waals surface area contributed by atoms with Crippen LogP contribution < -0.4 is 0 Å². The average Bonchev–Trinajstić information content (AvgIpc) is 2.40. The highest BCUT2D eigenvalue weighted by atomic mass is 32.1. The molecular weight excluding hydrogens is 224 g/mol. The summed E-state index contributed by atoms with van der Waals surface area (Å²) in [7, 11) is 0. The van der Waals surface area contributed by atoms with Crippen molar-refractivity contribution in [2.45, 2.75) is 57.3 Å². The smallest absolute Gasteiger partial charge is 0.000584 e. The lowest BCUT2D eigenvalue weighted by atomic mass is 9.81. The van der Waals surface area contributed by atoms with Crippen LogP contribution in [0.1, 0.15) is 63.0 Å². The number of hydrogen-bond acceptors (Lipinski definition) is 1. The molecule has 1 heteroatoms. The normalized spacial score (nSPS) is 18.3. The molecule has 17 heavy (non-hydrogen) atoms. The number of benzene rings is 1. The second-order valence-corrected chi connectivity index (χ2v) is 6.32. The summed E-state index contributed by atoms with van der Waals surface area (Å²) in [5.74, 6) is 1.72. The lowest BCUT2D eigenvalue weighted by Crippen LogP contribution is -2.19. The van der Waals surface area contributed by atoms with Gasteiger partial charge in [0.2, 0.25) is 0 Å². The van der Waals surface area contributed by atoms with Gasteiger partial charge in [-0.25, -0.2) is 0 Å². The van der Waals surface area contributed by atoms with Crippen LogP contribution in [0, 0.1) is 0 Å². The van der Waals surface area contributed by atoms with Gasteiger partial charge in [0.15, 0.2) is 0 Å². The minimum absolute atomic E-state index is 0.189. The quantitative estimate of drug-likeness (QED) is 0.720. The molecule has 1 aromatic rings. The first-order chi connectivity index (χ1) is 8.13. The Balaban J connectivity index is 2.12. The van der Waals surface area contributed by atoms with Gasteiger partial charge in [0, 0.05) is 0 Å². The SMILES string of the molecule is CC(C)(CS)c1ccc(C2CCCCC2)cc1. The first-order valence-corrected chi connectivity index (χ1v) is 7.48. The van der Waals surface area contributed by atoms with Gasteiger partial charge in [-0.2, -0.15) is 12.6 Å². The summed E-state index contributed by atoms with van der Waals surface area (Å²) in [5.41, 5.74) is 3.14. The van der Waals surface area contributed by atoms with E-state index >= 15 is 0 Å². The van der Waals surface area contributed by atoms with E-state index in [1.807, 2.05) is 0 Å². The van der Waals surface area contributed by atoms with Crippen LogP contribution in [0.15, 0.2) is 24.3 Å². The third-order valence-electron chi connectivity index (χ3n) is 4.16. The third kappa shape index (κ3) is 3.07. The zero-order valence-corrected chi connectivity index (χ0v) is 12.0. The highest BCUT2D eigenvalue weighted by Crippen LogP contribution is 2.33. The van der Waals surface area contributed by atoms with Gasteiger partial charge in [-0.1, -0.05) is 57.4 Å². The van der Waals surface area contributed by atoms with Crippen LogP contribution in [0.4, 0.5) is 0 Å². The first kappa shape index (κ1) is 13.0. The highest BCUT2D eigenvalue weighted by Gasteiger charge is 2.20. The van der Waals surface area contributed by atoms with Crippen LogP contribution in [-0.4, -0.2) is 5.75 Å². The van der Waals surface area contributed by atoms with Crippen molar-refractivity contribution in [1.82, 2.24) is 0 Å². The largest absolute Gasteiger partial charge is 0.178 e. The van der Waals surface area contributed by atoms with E-state index in [1.165, 1.54) is 37.7 Å². The molecule has 0 unspecified atom stereocenters. The molecule has 0 spiro atoms. The second-order valence-electron chi connectivity index (χ2n) is 6.00. The zero-order chi connectivity index (χ0) is 12.3. The average molecular weight is 248 g/mol. The summed E-state index contributed by atoms with van der Waals surface area (Å²) in [6.07, 6.45) is 7.02. The Morgan fingerprint density at radius 3 is 2.18 bits per heavy atom. The predicted octanol–water partition coefficient (Wildman–Crippen LogP) is 4.94. The van der Waals surface area contributed by atoms with Crippen molar-refractivity contribution in [3.8, 4) is 0 Å². The van der Waals surface area contributed by atoms with Crippen molar-refractivity contribution in [2.75, 3.05) is 5.75 Å². The summed E-state index contributed by atoms with van der Waals surface area (Å²) in [6.45, 7) is 4.52. The van der Waals surface area contributed by atoms with Gasteiger partial charge in [0.1, 0.15) is 0 Å². The van der Waals surface area contributed by atoms with Crippen molar-refractivity contribution < 1.29 is 0 Å². The maximum Gasteiger partial charge on any atom is -0.000584 e. The Labute approximate surface area is 111 Å². The second kappa shape index (κ2) is 5.48. The minimum Gasteiger partial charge on any atom is -0.178 e. The van der Waals surface area contributed by atoms with E-state index in [2.05, 4.69) is 50.7 Å². The Bertz CT molecular complexity index is 344. The maximum atomic E-state index is 4.44. The molecule has 0 atom stereocenters. The van der Waals surface area contributed by atoms with Crippen molar-refractivity contribution in [3.63, 3.8) is 0 Å². The molecule has 0 nitrogen and oxygen atoms in total. The molecule has 0 bridgehead atoms. The Kier molecular flexibility index (Phi) is 4.19. The highest BCUT2D eigenvalue weighted by molar-refractivity contribution is 7.80. The summed E-state index contributed by atoms with van der Waals surface area (Å²) in [6, 6.07) is 9.30. The van der Waals surface area contributed by atoms with Crippen LogP contribution in [0.5, 0.6) is 0 Å². The van der Waals surface area contributed by atoms with E-state index in [0.717, 1.165) is 11.7 Å². The van der Waals surface area contributed by atoms with Gasteiger partial charge in [0.25, 0.3) is 0 Å². The Morgan fingerprint density at radius 2 is 1.65 bits per heavy atom. The molecule has 0 amide bonds. The molecule has 2 rings (SSSR count). The summed E-state index contributed by atoms with van der Waals surface area (Å²) in [4.78, 5) is 0. The third-order valence-corrected chi connectivity index (χ3v) is 4.95. The van der Waals surface area contributed by atoms with E-state index in [4.69, 9.17) is 0 Å². The molecule has 0 saturated heterocycles. The van der Waals surface area contributed by atoms with Crippen molar-refractivity contribution in [1.29, 1.82) is 0 Å². The molecule has 1 aliphatic rings. The Morgan fingerprint density at radius 1 is 1.06 bits per heavy atom. The molecule has 1 aliphatic carbocycles. The number of hydrogen-bond donors (Lipinski definition) is 1. The topological polar surface area (TPSA) is 0 Å². The van der Waals surface area contributed by atoms with E-state index in [9.17, 15) is 0 Å². The van der Waals surface area contributed by atoms with Crippen LogP contribution in [0.3, 0.4) is 0 Å². The van der Waals surface area contributed by atoms with Crippen LogP contribution in [0.2, 0.25) is 0 Å². The van der Waals surface area contributed by atoms with Gasteiger partial charge < -0.3 is 0 Å². The predicted molar refractivity (Wildman–Crippen MR) is 79.1 cm³/mol. The maximum absolute atomic E-state index is 4.44. The van der Waals surface area contributed by atoms with E-state index in [0.29, 0.717) is 0 Å². The molecule has 0 radical (unpaired) electrons. The standard InChI is InChI=1S/C16H24S/c1-16(2,12-17)15-10-8-14(9-11-15)13-6-4-3-5-7-13/h8-11,13,17H,3-7,12H2,1-2H3. The zero-order valence-electron chi connectivity index (χ0n) is 11.1. The molecule has 0 aliphatic heterocycles. The van der Waals surface area contributed by atoms with Crippen molar-refractivity contribution >= 4 is 12.6 Å². The first-order valence-electron chi connectivity index (χ1n) is 6.85. The molecular formula is C16H24S.